The van der Waals surface area contributed by atoms with Crippen molar-refractivity contribution in [2.75, 3.05) is 34.0 Å². The Hall–Kier alpha value is -1.50. The van der Waals surface area contributed by atoms with E-state index in [-0.39, 0.29) is 11.6 Å². The van der Waals surface area contributed by atoms with Crippen molar-refractivity contribution in [3.05, 3.63) is 35.1 Å². The number of carboxylic acids is 1. The molecule has 0 aromatic heterocycles. The summed E-state index contributed by atoms with van der Waals surface area (Å²) in [6.07, 6.45) is 0. The molecule has 1 atom stereocenters. The van der Waals surface area contributed by atoms with Crippen molar-refractivity contribution >= 4 is 5.97 Å². The fourth-order valence-electron chi connectivity index (χ4n) is 2.11. The molecule has 0 spiro atoms. The molecule has 0 aliphatic carbocycles. The first kappa shape index (κ1) is 17.6. The van der Waals surface area contributed by atoms with Gasteiger partial charge >= 0.3 is 5.97 Å². The van der Waals surface area contributed by atoms with Gasteiger partial charge in [-0.15, -0.1) is 0 Å². The summed E-state index contributed by atoms with van der Waals surface area (Å²) in [5.74, 6) is -1.68. The SMILES string of the molecule is COCCN(Cc1cc(F)cc(C(=O)O)c1)C(C)COC. The van der Waals surface area contributed by atoms with E-state index in [1.54, 1.807) is 14.2 Å². The number of carboxylic acid groups (broad SMARTS) is 1. The third-order valence-electron chi connectivity index (χ3n) is 3.20. The van der Waals surface area contributed by atoms with Crippen LogP contribution in [0.5, 0.6) is 0 Å². The molecule has 1 aromatic rings. The zero-order chi connectivity index (χ0) is 15.8. The highest BCUT2D eigenvalue weighted by Gasteiger charge is 2.16. The van der Waals surface area contributed by atoms with Crippen LogP contribution < -0.4 is 0 Å². The maximum absolute atomic E-state index is 13.5. The zero-order valence-corrected chi connectivity index (χ0v) is 12.6. The summed E-state index contributed by atoms with van der Waals surface area (Å²) in [6.45, 7) is 4.16. The maximum Gasteiger partial charge on any atom is 0.335 e. The quantitative estimate of drug-likeness (QED) is 0.756. The summed E-state index contributed by atoms with van der Waals surface area (Å²) in [6, 6.07) is 3.97. The third-order valence-corrected chi connectivity index (χ3v) is 3.20. The molecule has 0 heterocycles. The van der Waals surface area contributed by atoms with Crippen LogP contribution in [0, 0.1) is 5.82 Å². The van der Waals surface area contributed by atoms with Crippen LogP contribution in [0.15, 0.2) is 18.2 Å². The molecule has 118 valence electrons. The monoisotopic (exact) mass is 299 g/mol. The highest BCUT2D eigenvalue weighted by molar-refractivity contribution is 5.87. The van der Waals surface area contributed by atoms with E-state index in [2.05, 4.69) is 4.90 Å². The van der Waals surface area contributed by atoms with Gasteiger partial charge in [0.05, 0.1) is 18.8 Å². The number of nitrogens with zero attached hydrogens (tertiary/aromatic N) is 1. The van der Waals surface area contributed by atoms with Crippen LogP contribution in [0.2, 0.25) is 0 Å². The zero-order valence-electron chi connectivity index (χ0n) is 12.6. The second-order valence-corrected chi connectivity index (χ2v) is 4.92. The Bertz CT molecular complexity index is 467. The average molecular weight is 299 g/mol. The normalized spacial score (nSPS) is 12.6. The number of ether oxygens (including phenoxy) is 2. The van der Waals surface area contributed by atoms with Gasteiger partial charge < -0.3 is 14.6 Å². The van der Waals surface area contributed by atoms with Crippen LogP contribution in [-0.4, -0.2) is 56.0 Å². The molecule has 0 saturated carbocycles. The van der Waals surface area contributed by atoms with Crippen molar-refractivity contribution in [3.8, 4) is 0 Å². The van der Waals surface area contributed by atoms with E-state index in [0.717, 1.165) is 6.07 Å². The number of methoxy groups -OCH3 is 2. The molecule has 0 fully saturated rings. The second kappa shape index (κ2) is 8.71. The van der Waals surface area contributed by atoms with E-state index in [1.807, 2.05) is 6.92 Å². The molecule has 0 aliphatic heterocycles. The van der Waals surface area contributed by atoms with Crippen molar-refractivity contribution in [3.63, 3.8) is 0 Å². The first-order chi connectivity index (χ1) is 9.97. The number of halogens is 1. The highest BCUT2D eigenvalue weighted by atomic mass is 19.1. The molecule has 0 saturated heterocycles. The van der Waals surface area contributed by atoms with Gasteiger partial charge in [-0.2, -0.15) is 0 Å². The van der Waals surface area contributed by atoms with Gasteiger partial charge in [-0.3, -0.25) is 4.90 Å². The second-order valence-electron chi connectivity index (χ2n) is 4.92. The summed E-state index contributed by atoms with van der Waals surface area (Å²) >= 11 is 0. The van der Waals surface area contributed by atoms with Gasteiger partial charge in [0, 0.05) is 33.4 Å². The lowest BCUT2D eigenvalue weighted by molar-refractivity contribution is 0.0687. The molecule has 1 unspecified atom stereocenters. The Balaban J connectivity index is 2.88. The lowest BCUT2D eigenvalue weighted by Gasteiger charge is -2.28. The predicted molar refractivity (Wildman–Crippen MR) is 77.0 cm³/mol. The molecule has 0 amide bonds. The van der Waals surface area contributed by atoms with Gasteiger partial charge in [0.15, 0.2) is 0 Å². The standard InChI is InChI=1S/C15H22FNO4/c1-11(10-21-3)17(4-5-20-2)9-12-6-13(15(18)19)8-14(16)7-12/h6-8,11H,4-5,9-10H2,1-3H3,(H,18,19). The van der Waals surface area contributed by atoms with Crippen molar-refractivity contribution in [2.45, 2.75) is 19.5 Å². The fourth-order valence-corrected chi connectivity index (χ4v) is 2.11. The Morgan fingerprint density at radius 2 is 2.05 bits per heavy atom. The van der Waals surface area contributed by atoms with Gasteiger partial charge in [0.1, 0.15) is 5.82 Å². The van der Waals surface area contributed by atoms with Crippen LogP contribution >= 0.6 is 0 Å². The molecular formula is C15H22FNO4. The average Bonchev–Trinajstić information content (AvgIpc) is 2.43. The summed E-state index contributed by atoms with van der Waals surface area (Å²) in [4.78, 5) is 13.0. The molecule has 0 aliphatic rings. The van der Waals surface area contributed by atoms with E-state index in [1.165, 1.54) is 12.1 Å². The van der Waals surface area contributed by atoms with Crippen molar-refractivity contribution in [1.82, 2.24) is 4.90 Å². The van der Waals surface area contributed by atoms with Gasteiger partial charge in [0.25, 0.3) is 0 Å². The summed E-state index contributed by atoms with van der Waals surface area (Å²) in [7, 11) is 3.24. The number of hydrogen-bond donors (Lipinski definition) is 1. The molecule has 1 N–H and O–H groups in total. The number of hydrogen-bond acceptors (Lipinski definition) is 4. The van der Waals surface area contributed by atoms with E-state index in [9.17, 15) is 9.18 Å². The predicted octanol–water partition coefficient (Wildman–Crippen LogP) is 2.01. The van der Waals surface area contributed by atoms with E-state index in [4.69, 9.17) is 14.6 Å². The van der Waals surface area contributed by atoms with Gasteiger partial charge in [-0.1, -0.05) is 0 Å². The summed E-state index contributed by atoms with van der Waals surface area (Å²) in [5, 5.41) is 8.98. The summed E-state index contributed by atoms with van der Waals surface area (Å²) in [5.41, 5.74) is 0.572. The highest BCUT2D eigenvalue weighted by Crippen LogP contribution is 2.14. The Labute approximate surface area is 124 Å². The van der Waals surface area contributed by atoms with Crippen LogP contribution in [-0.2, 0) is 16.0 Å². The lowest BCUT2D eigenvalue weighted by Crippen LogP contribution is -2.38. The Morgan fingerprint density at radius 3 is 2.62 bits per heavy atom. The van der Waals surface area contributed by atoms with Crippen LogP contribution in [0.1, 0.15) is 22.8 Å². The topological polar surface area (TPSA) is 59.0 Å². The number of rotatable bonds is 9. The van der Waals surface area contributed by atoms with Crippen LogP contribution in [0.3, 0.4) is 0 Å². The smallest absolute Gasteiger partial charge is 0.335 e. The van der Waals surface area contributed by atoms with E-state index in [0.29, 0.717) is 31.9 Å². The van der Waals surface area contributed by atoms with Gasteiger partial charge in [-0.25, -0.2) is 9.18 Å². The first-order valence-corrected chi connectivity index (χ1v) is 6.72. The minimum Gasteiger partial charge on any atom is -0.478 e. The lowest BCUT2D eigenvalue weighted by atomic mass is 10.1. The minimum absolute atomic E-state index is 0.0453. The molecule has 0 bridgehead atoms. The molecule has 1 rings (SSSR count). The van der Waals surface area contributed by atoms with Crippen molar-refractivity contribution < 1.29 is 23.8 Å². The molecule has 1 aromatic carbocycles. The van der Waals surface area contributed by atoms with Crippen LogP contribution in [0.4, 0.5) is 4.39 Å². The van der Waals surface area contributed by atoms with Gasteiger partial charge in [0.2, 0.25) is 0 Å². The largest absolute Gasteiger partial charge is 0.478 e. The van der Waals surface area contributed by atoms with Crippen molar-refractivity contribution in [1.29, 1.82) is 0 Å². The number of carbonyl (C=O) groups is 1. The molecule has 21 heavy (non-hydrogen) atoms. The Kier molecular flexibility index (Phi) is 7.28. The van der Waals surface area contributed by atoms with Crippen molar-refractivity contribution in [2.24, 2.45) is 0 Å². The van der Waals surface area contributed by atoms with Gasteiger partial charge in [-0.05, 0) is 30.7 Å². The molecule has 6 heteroatoms. The fraction of sp³-hybridized carbons (Fsp3) is 0.533. The molecule has 5 nitrogen and oxygen atoms in total. The summed E-state index contributed by atoms with van der Waals surface area (Å²) < 4.78 is 23.7. The van der Waals surface area contributed by atoms with E-state index < -0.39 is 11.8 Å². The first-order valence-electron chi connectivity index (χ1n) is 6.72. The van der Waals surface area contributed by atoms with Crippen LogP contribution in [0.25, 0.3) is 0 Å². The minimum atomic E-state index is -1.14. The Morgan fingerprint density at radius 1 is 1.33 bits per heavy atom. The molecular weight excluding hydrogens is 277 g/mol. The third kappa shape index (κ3) is 5.79. The maximum atomic E-state index is 13.5. The van der Waals surface area contributed by atoms with E-state index >= 15 is 0 Å². The number of aromatic carboxylic acids is 1. The number of benzene rings is 1. The molecule has 0 radical (unpaired) electrons.